The van der Waals surface area contributed by atoms with E-state index in [9.17, 15) is 0 Å². The van der Waals surface area contributed by atoms with E-state index in [1.54, 1.807) is 0 Å². The molecule has 0 aliphatic heterocycles. The zero-order valence-electron chi connectivity index (χ0n) is 11.1. The summed E-state index contributed by atoms with van der Waals surface area (Å²) in [6.45, 7) is 7.47. The number of anilines is 1. The molecule has 2 heteroatoms. The van der Waals surface area contributed by atoms with E-state index in [4.69, 9.17) is 5.73 Å². The van der Waals surface area contributed by atoms with E-state index in [1.165, 1.54) is 37.1 Å². The Balaban J connectivity index is 2.06. The minimum atomic E-state index is 0.522. The van der Waals surface area contributed by atoms with Crippen molar-refractivity contribution in [2.45, 2.75) is 33.1 Å². The van der Waals surface area contributed by atoms with Crippen LogP contribution in [-0.4, -0.2) is 19.6 Å². The number of hydrogen-bond acceptors (Lipinski definition) is 2. The van der Waals surface area contributed by atoms with Crippen molar-refractivity contribution in [2.75, 3.05) is 24.5 Å². The third kappa shape index (κ3) is 3.01. The molecule has 2 N–H and O–H groups in total. The van der Waals surface area contributed by atoms with Crippen LogP contribution in [-0.2, 0) is 0 Å². The highest BCUT2D eigenvalue weighted by molar-refractivity contribution is 5.48. The van der Waals surface area contributed by atoms with Crippen molar-refractivity contribution in [2.24, 2.45) is 11.1 Å². The standard InChI is InChI=1S/C15H24N2/c1-3-17(12-15(7-8-15)9-10-16)14-6-4-5-13(2)11-14/h4-6,11H,3,7-10,12,16H2,1-2H3. The predicted octanol–water partition coefficient (Wildman–Crippen LogP) is 2.95. The smallest absolute Gasteiger partial charge is 0.0368 e. The lowest BCUT2D eigenvalue weighted by Crippen LogP contribution is -2.31. The van der Waals surface area contributed by atoms with E-state index in [-0.39, 0.29) is 0 Å². The monoisotopic (exact) mass is 232 g/mol. The van der Waals surface area contributed by atoms with Crippen molar-refractivity contribution in [3.8, 4) is 0 Å². The van der Waals surface area contributed by atoms with Gasteiger partial charge in [0.25, 0.3) is 0 Å². The highest BCUT2D eigenvalue weighted by Gasteiger charge is 2.42. The van der Waals surface area contributed by atoms with Gasteiger partial charge in [-0.15, -0.1) is 0 Å². The van der Waals surface area contributed by atoms with Crippen LogP contribution in [0.15, 0.2) is 24.3 Å². The van der Waals surface area contributed by atoms with Crippen LogP contribution in [0.5, 0.6) is 0 Å². The molecule has 0 spiro atoms. The Morgan fingerprint density at radius 3 is 2.65 bits per heavy atom. The maximum Gasteiger partial charge on any atom is 0.0368 e. The Hall–Kier alpha value is -1.02. The first-order chi connectivity index (χ1) is 8.19. The van der Waals surface area contributed by atoms with Crippen molar-refractivity contribution in [3.05, 3.63) is 29.8 Å². The van der Waals surface area contributed by atoms with Gasteiger partial charge in [-0.3, -0.25) is 0 Å². The molecule has 0 unspecified atom stereocenters. The summed E-state index contributed by atoms with van der Waals surface area (Å²) in [6.07, 6.45) is 3.88. The second-order valence-electron chi connectivity index (χ2n) is 5.39. The van der Waals surface area contributed by atoms with Gasteiger partial charge in [0.2, 0.25) is 0 Å². The Morgan fingerprint density at radius 2 is 2.12 bits per heavy atom. The molecule has 1 aliphatic carbocycles. The zero-order chi connectivity index (χ0) is 12.3. The SMILES string of the molecule is CCN(CC1(CCN)CC1)c1cccc(C)c1. The molecule has 0 atom stereocenters. The average molecular weight is 232 g/mol. The number of rotatable bonds is 6. The largest absolute Gasteiger partial charge is 0.371 e. The van der Waals surface area contributed by atoms with Crippen LogP contribution in [0.2, 0.25) is 0 Å². The molecule has 1 aromatic carbocycles. The molecule has 0 aromatic heterocycles. The Morgan fingerprint density at radius 1 is 1.35 bits per heavy atom. The minimum Gasteiger partial charge on any atom is -0.371 e. The maximum atomic E-state index is 5.72. The molecule has 2 rings (SSSR count). The first kappa shape index (κ1) is 12.4. The molecule has 1 aromatic rings. The van der Waals surface area contributed by atoms with Crippen LogP contribution in [0.3, 0.4) is 0 Å². The van der Waals surface area contributed by atoms with Gasteiger partial charge in [0.1, 0.15) is 0 Å². The van der Waals surface area contributed by atoms with Gasteiger partial charge < -0.3 is 10.6 Å². The highest BCUT2D eigenvalue weighted by atomic mass is 15.1. The van der Waals surface area contributed by atoms with Gasteiger partial charge in [-0.05, 0) is 62.8 Å². The fraction of sp³-hybridized carbons (Fsp3) is 0.600. The first-order valence-corrected chi connectivity index (χ1v) is 6.71. The van der Waals surface area contributed by atoms with Crippen molar-refractivity contribution >= 4 is 5.69 Å². The fourth-order valence-corrected chi connectivity index (χ4v) is 2.59. The first-order valence-electron chi connectivity index (χ1n) is 6.71. The molecule has 0 bridgehead atoms. The Bertz CT molecular complexity index is 369. The Labute approximate surface area is 105 Å². The summed E-state index contributed by atoms with van der Waals surface area (Å²) >= 11 is 0. The highest BCUT2D eigenvalue weighted by Crippen LogP contribution is 2.49. The van der Waals surface area contributed by atoms with Crippen LogP contribution in [0.25, 0.3) is 0 Å². The third-order valence-electron chi connectivity index (χ3n) is 3.91. The van der Waals surface area contributed by atoms with E-state index >= 15 is 0 Å². The van der Waals surface area contributed by atoms with Gasteiger partial charge in [0.05, 0.1) is 0 Å². The number of nitrogens with zero attached hydrogens (tertiary/aromatic N) is 1. The van der Waals surface area contributed by atoms with E-state index < -0.39 is 0 Å². The molecule has 0 radical (unpaired) electrons. The molecule has 0 amide bonds. The molecular weight excluding hydrogens is 208 g/mol. The summed E-state index contributed by atoms with van der Waals surface area (Å²) in [5, 5.41) is 0. The second-order valence-corrected chi connectivity index (χ2v) is 5.39. The lowest BCUT2D eigenvalue weighted by Gasteiger charge is -2.28. The van der Waals surface area contributed by atoms with Crippen molar-refractivity contribution in [1.82, 2.24) is 0 Å². The lowest BCUT2D eigenvalue weighted by molar-refractivity contribution is 0.468. The number of hydrogen-bond donors (Lipinski definition) is 1. The quantitative estimate of drug-likeness (QED) is 0.817. The molecule has 1 saturated carbocycles. The predicted molar refractivity (Wildman–Crippen MR) is 74.4 cm³/mol. The zero-order valence-corrected chi connectivity index (χ0v) is 11.1. The summed E-state index contributed by atoms with van der Waals surface area (Å²) in [5.74, 6) is 0. The molecule has 2 nitrogen and oxygen atoms in total. The van der Waals surface area contributed by atoms with Crippen molar-refractivity contribution < 1.29 is 0 Å². The van der Waals surface area contributed by atoms with Crippen LogP contribution in [0.4, 0.5) is 5.69 Å². The lowest BCUT2D eigenvalue weighted by atomic mass is 10.0. The summed E-state index contributed by atoms with van der Waals surface area (Å²) in [6, 6.07) is 8.80. The van der Waals surface area contributed by atoms with Gasteiger partial charge in [-0.1, -0.05) is 12.1 Å². The third-order valence-corrected chi connectivity index (χ3v) is 3.91. The van der Waals surface area contributed by atoms with Crippen LogP contribution in [0, 0.1) is 12.3 Å². The van der Waals surface area contributed by atoms with Gasteiger partial charge in [0.15, 0.2) is 0 Å². The van der Waals surface area contributed by atoms with E-state index in [0.717, 1.165) is 13.1 Å². The van der Waals surface area contributed by atoms with Crippen LogP contribution in [0.1, 0.15) is 31.7 Å². The van der Waals surface area contributed by atoms with Gasteiger partial charge in [-0.25, -0.2) is 0 Å². The molecule has 0 saturated heterocycles. The summed E-state index contributed by atoms with van der Waals surface area (Å²) < 4.78 is 0. The number of aryl methyl sites for hydroxylation is 1. The molecule has 1 fully saturated rings. The van der Waals surface area contributed by atoms with Crippen molar-refractivity contribution in [3.63, 3.8) is 0 Å². The van der Waals surface area contributed by atoms with Crippen LogP contribution >= 0.6 is 0 Å². The normalized spacial score (nSPS) is 16.9. The van der Waals surface area contributed by atoms with E-state index in [0.29, 0.717) is 5.41 Å². The molecule has 1 aliphatic rings. The number of benzene rings is 1. The minimum absolute atomic E-state index is 0.522. The van der Waals surface area contributed by atoms with Gasteiger partial charge >= 0.3 is 0 Å². The molecule has 0 heterocycles. The molecule has 17 heavy (non-hydrogen) atoms. The fourth-order valence-electron chi connectivity index (χ4n) is 2.59. The van der Waals surface area contributed by atoms with Gasteiger partial charge in [0, 0.05) is 18.8 Å². The Kier molecular flexibility index (Phi) is 3.72. The second kappa shape index (κ2) is 5.09. The maximum absolute atomic E-state index is 5.72. The summed E-state index contributed by atoms with van der Waals surface area (Å²) in [4.78, 5) is 2.50. The summed E-state index contributed by atoms with van der Waals surface area (Å²) in [7, 11) is 0. The molecular formula is C15H24N2. The van der Waals surface area contributed by atoms with Crippen molar-refractivity contribution in [1.29, 1.82) is 0 Å². The average Bonchev–Trinajstić information content (AvgIpc) is 3.07. The van der Waals surface area contributed by atoms with E-state index in [2.05, 4.69) is 43.0 Å². The van der Waals surface area contributed by atoms with E-state index in [1.807, 2.05) is 0 Å². The molecule has 94 valence electrons. The topological polar surface area (TPSA) is 29.3 Å². The number of nitrogens with two attached hydrogens (primary N) is 1. The van der Waals surface area contributed by atoms with Crippen LogP contribution < -0.4 is 10.6 Å². The summed E-state index contributed by atoms with van der Waals surface area (Å²) in [5.41, 5.74) is 8.93. The van der Waals surface area contributed by atoms with Gasteiger partial charge in [-0.2, -0.15) is 0 Å².